The second-order valence-corrected chi connectivity index (χ2v) is 8.28. The molecule has 1 fully saturated rings. The molecule has 1 aliphatic carbocycles. The average molecular weight is 380 g/mol. The van der Waals surface area contributed by atoms with E-state index in [4.69, 9.17) is 9.72 Å². The van der Waals surface area contributed by atoms with Gasteiger partial charge in [-0.25, -0.2) is 4.98 Å². The van der Waals surface area contributed by atoms with Crippen molar-refractivity contribution in [2.45, 2.75) is 51.0 Å². The molecule has 1 N–H and O–H groups in total. The first-order chi connectivity index (χ1) is 13.2. The summed E-state index contributed by atoms with van der Waals surface area (Å²) >= 11 is 1.68. The Bertz CT molecular complexity index is 865. The minimum atomic E-state index is -0.505. The summed E-state index contributed by atoms with van der Waals surface area (Å²) in [5.74, 6) is 2.17. The van der Waals surface area contributed by atoms with Crippen molar-refractivity contribution in [2.24, 2.45) is 0 Å². The normalized spacial score (nSPS) is 16.2. The zero-order valence-electron chi connectivity index (χ0n) is 15.6. The fourth-order valence-electron chi connectivity index (χ4n) is 3.67. The third-order valence-electron chi connectivity index (χ3n) is 5.11. The highest BCUT2D eigenvalue weighted by molar-refractivity contribution is 7.12. The van der Waals surface area contributed by atoms with E-state index in [-0.39, 0.29) is 0 Å². The molecule has 0 bridgehead atoms. The van der Waals surface area contributed by atoms with Crippen molar-refractivity contribution in [3.8, 4) is 22.8 Å². The van der Waals surface area contributed by atoms with Crippen LogP contribution >= 0.6 is 11.3 Å². The molecule has 140 valence electrons. The topological polar surface area (TPSA) is 42.4 Å². The zero-order chi connectivity index (χ0) is 18.6. The van der Waals surface area contributed by atoms with E-state index in [2.05, 4.69) is 0 Å². The Balaban J connectivity index is 1.59. The minimum absolute atomic E-state index is 0.505. The lowest BCUT2D eigenvalue weighted by atomic mass is 9.90. The second-order valence-electron chi connectivity index (χ2n) is 7.22. The van der Waals surface area contributed by atoms with Crippen LogP contribution in [-0.2, 0) is 0 Å². The lowest BCUT2D eigenvalue weighted by Crippen LogP contribution is -2.03. The van der Waals surface area contributed by atoms with Crippen LogP contribution in [0.1, 0.15) is 60.9 Å². The number of ether oxygens (including phenoxy) is 1. The van der Waals surface area contributed by atoms with Crippen molar-refractivity contribution in [2.75, 3.05) is 0 Å². The Hall–Kier alpha value is -2.17. The third kappa shape index (κ3) is 4.23. The summed E-state index contributed by atoms with van der Waals surface area (Å²) in [4.78, 5) is 5.92. The van der Waals surface area contributed by atoms with E-state index in [1.165, 1.54) is 37.1 Å². The number of benzene rings is 2. The molecule has 27 heavy (non-hydrogen) atoms. The Kier molecular flexibility index (Phi) is 5.55. The molecule has 3 aromatic rings. The van der Waals surface area contributed by atoms with Crippen LogP contribution in [-0.4, -0.2) is 10.1 Å². The summed E-state index contributed by atoms with van der Waals surface area (Å²) in [7, 11) is 0. The van der Waals surface area contributed by atoms with E-state index in [0.29, 0.717) is 5.92 Å². The average Bonchev–Trinajstić information content (AvgIpc) is 3.16. The number of aliphatic hydroxyl groups is 1. The van der Waals surface area contributed by atoms with E-state index < -0.39 is 6.10 Å². The van der Waals surface area contributed by atoms with Crippen molar-refractivity contribution in [1.82, 2.24) is 4.98 Å². The van der Waals surface area contributed by atoms with Gasteiger partial charge in [0.2, 0.25) is 0 Å². The molecule has 0 aliphatic heterocycles. The fourth-order valence-corrected chi connectivity index (χ4v) is 4.86. The smallest absolute Gasteiger partial charge is 0.127 e. The molecular weight excluding hydrogens is 354 g/mol. The van der Waals surface area contributed by atoms with Gasteiger partial charge in [0.1, 0.15) is 11.5 Å². The Morgan fingerprint density at radius 1 is 0.963 bits per heavy atom. The predicted octanol–water partition coefficient (Wildman–Crippen LogP) is 6.70. The van der Waals surface area contributed by atoms with Crippen molar-refractivity contribution in [3.63, 3.8) is 0 Å². The number of hydrogen-bond donors (Lipinski definition) is 1. The molecule has 0 radical (unpaired) electrons. The van der Waals surface area contributed by atoms with Gasteiger partial charge in [0, 0.05) is 11.5 Å². The van der Waals surface area contributed by atoms with Crippen LogP contribution in [0.3, 0.4) is 0 Å². The number of aromatic nitrogens is 1. The molecule has 1 saturated carbocycles. The Morgan fingerprint density at radius 2 is 1.63 bits per heavy atom. The van der Waals surface area contributed by atoms with E-state index in [1.54, 1.807) is 11.3 Å². The highest BCUT2D eigenvalue weighted by Gasteiger charge is 2.23. The van der Waals surface area contributed by atoms with Crippen molar-refractivity contribution in [1.29, 1.82) is 0 Å². The molecular formula is C23H25NO2S. The Morgan fingerprint density at radius 3 is 2.30 bits per heavy atom. The van der Waals surface area contributed by atoms with Crippen LogP contribution in [0.25, 0.3) is 11.3 Å². The van der Waals surface area contributed by atoms with Gasteiger partial charge in [-0.3, -0.25) is 0 Å². The van der Waals surface area contributed by atoms with E-state index in [1.807, 2.05) is 61.5 Å². The van der Waals surface area contributed by atoms with E-state index >= 15 is 0 Å². The molecule has 1 aromatic heterocycles. The third-order valence-corrected chi connectivity index (χ3v) is 6.50. The monoisotopic (exact) mass is 379 g/mol. The molecule has 4 rings (SSSR count). The van der Waals surface area contributed by atoms with Crippen LogP contribution in [0, 0.1) is 0 Å². The number of rotatable bonds is 5. The standard InChI is InChI=1S/C23H25NO2S/c1-16(25)22-21(24-23(27-22)18-8-4-2-5-9-18)17-12-14-20(15-13-17)26-19-10-6-3-7-11-19/h3,6-7,10-16,18,25H,2,4-5,8-9H2,1H3. The van der Waals surface area contributed by atoms with Crippen LogP contribution in [0.4, 0.5) is 0 Å². The molecule has 0 saturated heterocycles. The van der Waals surface area contributed by atoms with Crippen LogP contribution in [0.5, 0.6) is 11.5 Å². The van der Waals surface area contributed by atoms with E-state index in [9.17, 15) is 5.11 Å². The summed E-state index contributed by atoms with van der Waals surface area (Å²) < 4.78 is 5.88. The molecule has 0 amide bonds. The molecule has 4 heteroatoms. The maximum Gasteiger partial charge on any atom is 0.127 e. The Labute approximate surface area is 164 Å². The molecule has 1 aliphatic rings. The fraction of sp³-hybridized carbons (Fsp3) is 0.348. The zero-order valence-corrected chi connectivity index (χ0v) is 16.4. The highest BCUT2D eigenvalue weighted by Crippen LogP contribution is 2.41. The summed E-state index contributed by atoms with van der Waals surface area (Å²) in [6, 6.07) is 17.8. The highest BCUT2D eigenvalue weighted by atomic mass is 32.1. The number of para-hydroxylation sites is 1. The lowest BCUT2D eigenvalue weighted by Gasteiger charge is -2.18. The van der Waals surface area contributed by atoms with Crippen LogP contribution in [0.15, 0.2) is 54.6 Å². The molecule has 1 unspecified atom stereocenters. The summed E-state index contributed by atoms with van der Waals surface area (Å²) in [6.07, 6.45) is 5.84. The summed E-state index contributed by atoms with van der Waals surface area (Å²) in [5, 5.41) is 11.5. The van der Waals surface area contributed by atoms with Crippen LogP contribution in [0.2, 0.25) is 0 Å². The van der Waals surface area contributed by atoms with E-state index in [0.717, 1.165) is 27.6 Å². The van der Waals surface area contributed by atoms with Gasteiger partial charge in [-0.15, -0.1) is 11.3 Å². The number of thiazole rings is 1. The maximum absolute atomic E-state index is 10.3. The van der Waals surface area contributed by atoms with Gasteiger partial charge < -0.3 is 9.84 Å². The van der Waals surface area contributed by atoms with Crippen LogP contribution < -0.4 is 4.74 Å². The van der Waals surface area contributed by atoms with Gasteiger partial charge in [0.15, 0.2) is 0 Å². The number of aliphatic hydroxyl groups excluding tert-OH is 1. The van der Waals surface area contributed by atoms with Gasteiger partial charge in [-0.2, -0.15) is 0 Å². The van der Waals surface area contributed by atoms with Gasteiger partial charge in [-0.1, -0.05) is 37.5 Å². The largest absolute Gasteiger partial charge is 0.457 e. The molecule has 1 heterocycles. The SMILES string of the molecule is CC(O)c1sc(C2CCCCC2)nc1-c1ccc(Oc2ccccc2)cc1. The predicted molar refractivity (Wildman–Crippen MR) is 111 cm³/mol. The molecule has 3 nitrogen and oxygen atoms in total. The molecule has 1 atom stereocenters. The van der Waals surface area contributed by atoms with Crippen molar-refractivity contribution in [3.05, 3.63) is 64.5 Å². The quantitative estimate of drug-likeness (QED) is 0.536. The lowest BCUT2D eigenvalue weighted by molar-refractivity contribution is 0.203. The van der Waals surface area contributed by atoms with Gasteiger partial charge in [0.25, 0.3) is 0 Å². The van der Waals surface area contributed by atoms with Crippen molar-refractivity contribution < 1.29 is 9.84 Å². The minimum Gasteiger partial charge on any atom is -0.457 e. The van der Waals surface area contributed by atoms with Gasteiger partial charge in [-0.05, 0) is 56.2 Å². The van der Waals surface area contributed by atoms with Gasteiger partial charge in [0.05, 0.1) is 21.7 Å². The summed E-state index contributed by atoms with van der Waals surface area (Å²) in [6.45, 7) is 1.83. The number of nitrogens with zero attached hydrogens (tertiary/aromatic N) is 1. The van der Waals surface area contributed by atoms with Gasteiger partial charge >= 0.3 is 0 Å². The number of hydrogen-bond acceptors (Lipinski definition) is 4. The first-order valence-corrected chi connectivity index (χ1v) is 10.5. The van der Waals surface area contributed by atoms with Crippen molar-refractivity contribution >= 4 is 11.3 Å². The first kappa shape index (κ1) is 18.2. The first-order valence-electron chi connectivity index (χ1n) is 9.73. The second kappa shape index (κ2) is 8.24. The molecule has 2 aromatic carbocycles. The molecule has 0 spiro atoms. The summed E-state index contributed by atoms with van der Waals surface area (Å²) in [5.41, 5.74) is 1.95. The maximum atomic E-state index is 10.3.